The number of halogens is 2. The van der Waals surface area contributed by atoms with Gasteiger partial charge in [0.2, 0.25) is 10.0 Å². The normalized spacial score (nSPS) is 17.5. The highest BCUT2D eigenvalue weighted by Crippen LogP contribution is 2.24. The van der Waals surface area contributed by atoms with Crippen molar-refractivity contribution in [1.82, 2.24) is 9.21 Å². The van der Waals surface area contributed by atoms with Crippen LogP contribution in [0.5, 0.6) is 0 Å². The fourth-order valence-electron chi connectivity index (χ4n) is 2.56. The first kappa shape index (κ1) is 17.4. The maximum atomic E-state index is 12.7. The summed E-state index contributed by atoms with van der Waals surface area (Å²) < 4.78 is 28.5. The number of hydrogen-bond donors (Lipinski definition) is 0. The standard InChI is InChI=1S/C15H16BrClN2O2S2/c16-12-2-1-3-14(10-12)23(20,21)19-8-6-18(7-9-19)11-13-4-5-15(17)22-13/h1-5,10H,6-9,11H2. The topological polar surface area (TPSA) is 40.6 Å². The summed E-state index contributed by atoms with van der Waals surface area (Å²) in [6.07, 6.45) is 0. The van der Waals surface area contributed by atoms with E-state index in [0.29, 0.717) is 18.0 Å². The Morgan fingerprint density at radius 2 is 1.87 bits per heavy atom. The SMILES string of the molecule is O=S(=O)(c1cccc(Br)c1)N1CCN(Cc2ccc(Cl)s2)CC1. The monoisotopic (exact) mass is 434 g/mol. The summed E-state index contributed by atoms with van der Waals surface area (Å²) in [6.45, 7) is 3.29. The lowest BCUT2D eigenvalue weighted by Crippen LogP contribution is -2.48. The maximum Gasteiger partial charge on any atom is 0.243 e. The van der Waals surface area contributed by atoms with Crippen LogP contribution in [-0.2, 0) is 16.6 Å². The molecule has 1 aromatic heterocycles. The molecule has 0 amide bonds. The zero-order valence-corrected chi connectivity index (χ0v) is 16.3. The van der Waals surface area contributed by atoms with Crippen LogP contribution in [0.15, 0.2) is 45.8 Å². The smallest absolute Gasteiger partial charge is 0.243 e. The van der Waals surface area contributed by atoms with Crippen LogP contribution in [0.3, 0.4) is 0 Å². The molecule has 2 aromatic rings. The Morgan fingerprint density at radius 3 is 2.48 bits per heavy atom. The second-order valence-electron chi connectivity index (χ2n) is 5.34. The number of rotatable bonds is 4. The summed E-state index contributed by atoms with van der Waals surface area (Å²) in [4.78, 5) is 3.80. The lowest BCUT2D eigenvalue weighted by atomic mass is 10.3. The fourth-order valence-corrected chi connectivity index (χ4v) is 5.71. The minimum Gasteiger partial charge on any atom is -0.296 e. The van der Waals surface area contributed by atoms with E-state index in [1.54, 1.807) is 33.8 Å². The van der Waals surface area contributed by atoms with Gasteiger partial charge in [0.1, 0.15) is 0 Å². The van der Waals surface area contributed by atoms with Crippen molar-refractivity contribution in [2.24, 2.45) is 0 Å². The van der Waals surface area contributed by atoms with E-state index in [4.69, 9.17) is 11.6 Å². The zero-order chi connectivity index (χ0) is 16.4. The summed E-state index contributed by atoms with van der Waals surface area (Å²) in [5, 5.41) is 0. The van der Waals surface area contributed by atoms with Crippen molar-refractivity contribution in [2.45, 2.75) is 11.4 Å². The van der Waals surface area contributed by atoms with Gasteiger partial charge >= 0.3 is 0 Å². The van der Waals surface area contributed by atoms with E-state index in [1.165, 1.54) is 4.88 Å². The highest BCUT2D eigenvalue weighted by Gasteiger charge is 2.28. The van der Waals surface area contributed by atoms with Gasteiger partial charge in [0.25, 0.3) is 0 Å². The third kappa shape index (κ3) is 4.15. The molecule has 1 saturated heterocycles. The van der Waals surface area contributed by atoms with Crippen LogP contribution in [0.2, 0.25) is 4.34 Å². The van der Waals surface area contributed by atoms with Gasteiger partial charge in [-0.15, -0.1) is 11.3 Å². The minimum atomic E-state index is -3.42. The summed E-state index contributed by atoms with van der Waals surface area (Å²) in [5.41, 5.74) is 0. The number of benzene rings is 1. The summed E-state index contributed by atoms with van der Waals surface area (Å²) >= 11 is 10.8. The number of nitrogens with zero attached hydrogens (tertiary/aromatic N) is 2. The Kier molecular flexibility index (Phi) is 5.45. The largest absolute Gasteiger partial charge is 0.296 e. The Morgan fingerprint density at radius 1 is 1.13 bits per heavy atom. The molecule has 0 N–H and O–H groups in total. The van der Waals surface area contributed by atoms with Crippen molar-refractivity contribution in [2.75, 3.05) is 26.2 Å². The molecule has 0 radical (unpaired) electrons. The van der Waals surface area contributed by atoms with Crippen LogP contribution in [0.25, 0.3) is 0 Å². The van der Waals surface area contributed by atoms with E-state index in [0.717, 1.165) is 28.4 Å². The first-order valence-corrected chi connectivity index (χ1v) is 10.6. The average Bonchev–Trinajstić information content (AvgIpc) is 2.93. The predicted molar refractivity (Wildman–Crippen MR) is 97.5 cm³/mol. The predicted octanol–water partition coefficient (Wildman–Crippen LogP) is 3.67. The second-order valence-corrected chi connectivity index (χ2v) is 10.00. The molecule has 1 aliphatic heterocycles. The quantitative estimate of drug-likeness (QED) is 0.736. The van der Waals surface area contributed by atoms with Gasteiger partial charge < -0.3 is 0 Å². The van der Waals surface area contributed by atoms with Crippen molar-refractivity contribution in [1.29, 1.82) is 0 Å². The molecule has 1 aliphatic rings. The lowest BCUT2D eigenvalue weighted by molar-refractivity contribution is 0.183. The summed E-state index contributed by atoms with van der Waals surface area (Å²) in [6, 6.07) is 10.8. The van der Waals surface area contributed by atoms with Gasteiger partial charge in [0.05, 0.1) is 9.23 Å². The van der Waals surface area contributed by atoms with Crippen molar-refractivity contribution in [3.63, 3.8) is 0 Å². The number of thiophene rings is 1. The van der Waals surface area contributed by atoms with Crippen molar-refractivity contribution >= 4 is 48.9 Å². The van der Waals surface area contributed by atoms with E-state index in [2.05, 4.69) is 20.8 Å². The molecule has 0 saturated carbocycles. The second kappa shape index (κ2) is 7.21. The molecule has 3 rings (SSSR count). The van der Waals surface area contributed by atoms with Crippen LogP contribution in [0.1, 0.15) is 4.88 Å². The first-order chi connectivity index (χ1) is 10.9. The number of hydrogen-bond acceptors (Lipinski definition) is 4. The molecule has 0 unspecified atom stereocenters. The van der Waals surface area contributed by atoms with Gasteiger partial charge in [-0.2, -0.15) is 4.31 Å². The average molecular weight is 436 g/mol. The molecule has 23 heavy (non-hydrogen) atoms. The Hall–Kier alpha value is -0.440. The molecule has 1 aromatic carbocycles. The number of sulfonamides is 1. The first-order valence-electron chi connectivity index (χ1n) is 7.17. The van der Waals surface area contributed by atoms with Gasteiger partial charge in [-0.1, -0.05) is 33.6 Å². The third-order valence-electron chi connectivity index (χ3n) is 3.77. The van der Waals surface area contributed by atoms with Crippen LogP contribution in [-0.4, -0.2) is 43.8 Å². The molecule has 2 heterocycles. The Balaban J connectivity index is 1.64. The van der Waals surface area contributed by atoms with Gasteiger partial charge in [-0.3, -0.25) is 4.90 Å². The highest BCUT2D eigenvalue weighted by atomic mass is 79.9. The minimum absolute atomic E-state index is 0.338. The Bertz CT molecular complexity index is 786. The molecular formula is C15H16BrClN2O2S2. The number of piperazine rings is 1. The molecule has 0 bridgehead atoms. The van der Waals surface area contributed by atoms with Crippen LogP contribution in [0.4, 0.5) is 0 Å². The molecule has 124 valence electrons. The van der Waals surface area contributed by atoms with Crippen molar-refractivity contribution < 1.29 is 8.42 Å². The maximum absolute atomic E-state index is 12.7. The molecule has 0 spiro atoms. The molecule has 0 atom stereocenters. The van der Waals surface area contributed by atoms with Gasteiger partial charge in [0.15, 0.2) is 0 Å². The summed E-state index contributed by atoms with van der Waals surface area (Å²) in [7, 11) is -3.42. The van der Waals surface area contributed by atoms with Crippen LogP contribution >= 0.6 is 38.9 Å². The highest BCUT2D eigenvalue weighted by molar-refractivity contribution is 9.10. The molecule has 0 aliphatic carbocycles. The van der Waals surface area contributed by atoms with Crippen molar-refractivity contribution in [3.05, 3.63) is 50.1 Å². The lowest BCUT2D eigenvalue weighted by Gasteiger charge is -2.33. The Labute approximate surface area is 153 Å². The van der Waals surface area contributed by atoms with E-state index < -0.39 is 10.0 Å². The fraction of sp³-hybridized carbons (Fsp3) is 0.333. The van der Waals surface area contributed by atoms with E-state index in [9.17, 15) is 8.42 Å². The summed E-state index contributed by atoms with van der Waals surface area (Å²) in [5.74, 6) is 0. The van der Waals surface area contributed by atoms with E-state index in [-0.39, 0.29) is 0 Å². The molecule has 8 heteroatoms. The van der Waals surface area contributed by atoms with Gasteiger partial charge in [-0.05, 0) is 30.3 Å². The zero-order valence-electron chi connectivity index (χ0n) is 12.3. The van der Waals surface area contributed by atoms with Gasteiger partial charge in [-0.25, -0.2) is 8.42 Å². The molecule has 1 fully saturated rings. The van der Waals surface area contributed by atoms with E-state index >= 15 is 0 Å². The van der Waals surface area contributed by atoms with Gasteiger partial charge in [0, 0.05) is 42.1 Å². The third-order valence-corrected chi connectivity index (χ3v) is 7.38. The van der Waals surface area contributed by atoms with Crippen LogP contribution in [0, 0.1) is 0 Å². The van der Waals surface area contributed by atoms with Crippen molar-refractivity contribution in [3.8, 4) is 0 Å². The van der Waals surface area contributed by atoms with Crippen LogP contribution < -0.4 is 0 Å². The molecule has 4 nitrogen and oxygen atoms in total. The van der Waals surface area contributed by atoms with E-state index in [1.807, 2.05) is 18.2 Å². The molecular weight excluding hydrogens is 420 g/mol.